The molecule has 0 aromatic heterocycles. The van der Waals surface area contributed by atoms with Crippen LogP contribution in [0.1, 0.15) is 17.0 Å². The number of benzene rings is 3. The molecule has 4 heteroatoms. The highest BCUT2D eigenvalue weighted by molar-refractivity contribution is 5.82. The summed E-state index contributed by atoms with van der Waals surface area (Å²) in [5.41, 5.74) is 7.92. The molecular weight excluding hydrogens is 336 g/mol. The third kappa shape index (κ3) is 2.78. The third-order valence-electron chi connectivity index (χ3n) is 5.41. The van der Waals surface area contributed by atoms with Gasteiger partial charge in [-0.3, -0.25) is 9.80 Å². The highest BCUT2D eigenvalue weighted by Gasteiger charge is 2.50. The molecular formula is C23H20N2O2. The first-order chi connectivity index (χ1) is 13.3. The fraction of sp³-hybridized carbons (Fsp3) is 0.174. The van der Waals surface area contributed by atoms with Crippen molar-refractivity contribution in [3.63, 3.8) is 0 Å². The van der Waals surface area contributed by atoms with Crippen LogP contribution in [0.25, 0.3) is 0 Å². The molecule has 4 nitrogen and oxygen atoms in total. The number of para-hydroxylation sites is 2. The zero-order valence-corrected chi connectivity index (χ0v) is 14.8. The highest BCUT2D eigenvalue weighted by Crippen LogP contribution is 2.42. The zero-order valence-electron chi connectivity index (χ0n) is 14.8. The number of rotatable bonds is 4. The molecule has 3 atom stereocenters. The summed E-state index contributed by atoms with van der Waals surface area (Å²) in [6, 6.07) is 28.0. The monoisotopic (exact) mass is 356 g/mol. The van der Waals surface area contributed by atoms with E-state index in [0.29, 0.717) is 0 Å². The van der Waals surface area contributed by atoms with Crippen molar-refractivity contribution < 1.29 is 9.53 Å². The van der Waals surface area contributed by atoms with Gasteiger partial charge < -0.3 is 4.74 Å². The van der Waals surface area contributed by atoms with Crippen LogP contribution < -0.4 is 10.4 Å². The van der Waals surface area contributed by atoms with Gasteiger partial charge in [-0.15, -0.1) is 0 Å². The van der Waals surface area contributed by atoms with Crippen LogP contribution in [0.2, 0.25) is 0 Å². The Bertz CT molecular complexity index is 919. The molecule has 1 aliphatic carbocycles. The van der Waals surface area contributed by atoms with E-state index in [0.717, 1.165) is 17.8 Å². The molecule has 27 heavy (non-hydrogen) atoms. The number of anilines is 2. The van der Waals surface area contributed by atoms with E-state index < -0.39 is 6.04 Å². The predicted molar refractivity (Wildman–Crippen MR) is 105 cm³/mol. The second-order valence-corrected chi connectivity index (χ2v) is 7.02. The molecule has 3 aromatic carbocycles. The number of nitrogens with zero attached hydrogens (tertiary/aromatic N) is 1. The van der Waals surface area contributed by atoms with Crippen molar-refractivity contribution in [2.24, 2.45) is 0 Å². The summed E-state index contributed by atoms with van der Waals surface area (Å²) >= 11 is 0. The van der Waals surface area contributed by atoms with E-state index in [2.05, 4.69) is 17.6 Å². The minimum absolute atomic E-state index is 0.0311. The second-order valence-electron chi connectivity index (χ2n) is 7.02. The quantitative estimate of drug-likeness (QED) is 0.567. The van der Waals surface area contributed by atoms with Crippen LogP contribution in [0.3, 0.4) is 0 Å². The molecule has 1 aliphatic heterocycles. The van der Waals surface area contributed by atoms with Crippen molar-refractivity contribution in [2.75, 3.05) is 5.01 Å². The van der Waals surface area contributed by atoms with Gasteiger partial charge in [-0.25, -0.2) is 5.43 Å². The Balaban J connectivity index is 1.52. The van der Waals surface area contributed by atoms with Gasteiger partial charge in [0.25, 0.3) is 0 Å². The lowest BCUT2D eigenvalue weighted by Gasteiger charge is -2.29. The first kappa shape index (κ1) is 16.1. The van der Waals surface area contributed by atoms with E-state index in [1.54, 1.807) is 0 Å². The number of carbonyl (C=O) groups is 1. The van der Waals surface area contributed by atoms with Gasteiger partial charge in [0.05, 0.1) is 11.4 Å². The lowest BCUT2D eigenvalue weighted by atomic mass is 9.94. The Hall–Kier alpha value is -3.11. The zero-order chi connectivity index (χ0) is 18.2. The summed E-state index contributed by atoms with van der Waals surface area (Å²) < 4.78 is 5.72. The molecule has 0 amide bonds. The molecule has 0 spiro atoms. The Morgan fingerprint density at radius 1 is 0.815 bits per heavy atom. The number of hydrogen-bond donors (Lipinski definition) is 1. The number of esters is 1. The fourth-order valence-electron chi connectivity index (χ4n) is 4.19. The molecule has 1 N–H and O–H groups in total. The van der Waals surface area contributed by atoms with Crippen LogP contribution in [0.15, 0.2) is 84.9 Å². The van der Waals surface area contributed by atoms with Gasteiger partial charge in [0.1, 0.15) is 12.1 Å². The van der Waals surface area contributed by atoms with Crippen LogP contribution in [-0.2, 0) is 16.0 Å². The highest BCUT2D eigenvalue weighted by atomic mass is 16.6. The average molecular weight is 356 g/mol. The maximum Gasteiger partial charge on any atom is 0.326 e. The van der Waals surface area contributed by atoms with Crippen molar-refractivity contribution >= 4 is 17.3 Å². The first-order valence-electron chi connectivity index (χ1n) is 9.26. The number of ether oxygens (including phenoxy) is 1. The molecule has 134 valence electrons. The standard InChI is InChI=1S/C23H20N2O2/c26-23-22(21-19-14-8-7-9-16(19)15-20(21)27-23)24-25(17-10-3-1-4-11-17)18-12-5-2-6-13-18/h1-14,20-22,24H,15H2/t20-,21+,22+/m1/s1. The largest absolute Gasteiger partial charge is 0.460 e. The molecule has 1 saturated heterocycles. The van der Waals surface area contributed by atoms with Crippen LogP contribution in [0.4, 0.5) is 11.4 Å². The number of carbonyl (C=O) groups excluding carboxylic acids is 1. The van der Waals surface area contributed by atoms with Crippen LogP contribution >= 0.6 is 0 Å². The molecule has 0 saturated carbocycles. The molecule has 1 fully saturated rings. The molecule has 1 heterocycles. The Morgan fingerprint density at radius 3 is 2.07 bits per heavy atom. The van der Waals surface area contributed by atoms with E-state index in [1.165, 1.54) is 11.1 Å². The number of fused-ring (bicyclic) bond motifs is 3. The normalized spacial score (nSPS) is 22.8. The van der Waals surface area contributed by atoms with Gasteiger partial charge in [0.15, 0.2) is 0 Å². The Labute approximate surface area is 158 Å². The van der Waals surface area contributed by atoms with Gasteiger partial charge in [0, 0.05) is 12.3 Å². The molecule has 3 aromatic rings. The van der Waals surface area contributed by atoms with Crippen LogP contribution in [0, 0.1) is 0 Å². The van der Waals surface area contributed by atoms with Gasteiger partial charge in [-0.05, 0) is 35.4 Å². The van der Waals surface area contributed by atoms with Gasteiger partial charge in [-0.1, -0.05) is 60.7 Å². The molecule has 2 aliphatic rings. The van der Waals surface area contributed by atoms with E-state index >= 15 is 0 Å². The molecule has 0 radical (unpaired) electrons. The van der Waals surface area contributed by atoms with E-state index in [4.69, 9.17) is 4.74 Å². The molecule has 0 bridgehead atoms. The maximum absolute atomic E-state index is 12.7. The summed E-state index contributed by atoms with van der Waals surface area (Å²) in [7, 11) is 0. The third-order valence-corrected chi connectivity index (χ3v) is 5.41. The summed E-state index contributed by atoms with van der Waals surface area (Å²) in [6.07, 6.45) is 0.710. The van der Waals surface area contributed by atoms with E-state index in [-0.39, 0.29) is 18.0 Å². The lowest BCUT2D eigenvalue weighted by molar-refractivity contribution is -0.142. The Morgan fingerprint density at radius 2 is 1.41 bits per heavy atom. The fourth-order valence-corrected chi connectivity index (χ4v) is 4.19. The molecule has 0 unspecified atom stereocenters. The smallest absolute Gasteiger partial charge is 0.326 e. The van der Waals surface area contributed by atoms with Crippen molar-refractivity contribution in [2.45, 2.75) is 24.5 Å². The summed E-state index contributed by atoms with van der Waals surface area (Å²) in [5.74, 6) is -0.153. The minimum Gasteiger partial charge on any atom is -0.460 e. The van der Waals surface area contributed by atoms with Gasteiger partial charge >= 0.3 is 5.97 Å². The summed E-state index contributed by atoms with van der Waals surface area (Å²) in [5, 5.41) is 1.98. The summed E-state index contributed by atoms with van der Waals surface area (Å²) in [4.78, 5) is 12.7. The van der Waals surface area contributed by atoms with Crippen LogP contribution in [-0.4, -0.2) is 18.1 Å². The lowest BCUT2D eigenvalue weighted by Crippen LogP contribution is -2.47. The summed E-state index contributed by atoms with van der Waals surface area (Å²) in [6.45, 7) is 0. The van der Waals surface area contributed by atoms with Crippen molar-refractivity contribution in [3.05, 3.63) is 96.1 Å². The van der Waals surface area contributed by atoms with Crippen molar-refractivity contribution in [1.29, 1.82) is 0 Å². The van der Waals surface area contributed by atoms with E-state index in [1.807, 2.05) is 77.8 Å². The first-order valence-corrected chi connectivity index (χ1v) is 9.26. The van der Waals surface area contributed by atoms with Crippen molar-refractivity contribution in [3.8, 4) is 0 Å². The van der Waals surface area contributed by atoms with Crippen molar-refractivity contribution in [1.82, 2.24) is 5.43 Å². The number of hydrogen-bond acceptors (Lipinski definition) is 4. The predicted octanol–water partition coefficient (Wildman–Crippen LogP) is 3.96. The van der Waals surface area contributed by atoms with Crippen LogP contribution in [0.5, 0.6) is 0 Å². The second kappa shape index (κ2) is 6.56. The number of hydrazine groups is 1. The van der Waals surface area contributed by atoms with Gasteiger partial charge in [-0.2, -0.15) is 0 Å². The van der Waals surface area contributed by atoms with E-state index in [9.17, 15) is 4.79 Å². The number of nitrogens with one attached hydrogen (secondary N) is 1. The average Bonchev–Trinajstić information content (AvgIpc) is 3.22. The maximum atomic E-state index is 12.7. The SMILES string of the molecule is O=C1O[C@@H]2Cc3ccccc3[C@@H]2[C@@H]1NN(c1ccccc1)c1ccccc1. The van der Waals surface area contributed by atoms with Gasteiger partial charge in [0.2, 0.25) is 0 Å². The minimum atomic E-state index is -0.418. The molecule has 5 rings (SSSR count). The topological polar surface area (TPSA) is 41.6 Å². The Kier molecular flexibility index (Phi) is 3.91.